The fourth-order valence-corrected chi connectivity index (χ4v) is 13.9. The fourth-order valence-electron chi connectivity index (χ4n) is 11.0. The molecule has 0 spiro atoms. The Hall–Kier alpha value is -7.89. The van der Waals surface area contributed by atoms with Gasteiger partial charge in [-0.05, 0) is 0 Å². The van der Waals surface area contributed by atoms with Gasteiger partial charge in [-0.2, -0.15) is 0 Å². The Morgan fingerprint density at radius 3 is 1.32 bits per heavy atom. The van der Waals surface area contributed by atoms with Crippen LogP contribution in [0.5, 0.6) is 23.0 Å². The SMILES string of the molecule is C=C=CP(=[Se])(OCC1OC(n2cc(C)c(=O)[nH]c2=O)CC1OC(c1ccccc1)(c1ccc(OC)cc1)c1ccc(OC)cc1)OC1CC(n2cc(C)c(=O)[nH]c2=O)OC1COC(c1ccccc1)(c1ccc(OC)cc1)c1ccc(OC)cc1. The van der Waals surface area contributed by atoms with Crippen LogP contribution in [-0.2, 0) is 39.2 Å². The first-order valence-corrected chi connectivity index (χ1v) is 31.3. The molecule has 2 saturated heterocycles. The normalized spacial score (nSPS) is 19.4. The van der Waals surface area contributed by atoms with E-state index in [1.807, 2.05) is 158 Å². The van der Waals surface area contributed by atoms with Gasteiger partial charge in [0.1, 0.15) is 0 Å². The second kappa shape index (κ2) is 26.2. The van der Waals surface area contributed by atoms with Crippen molar-refractivity contribution in [1.29, 1.82) is 0 Å². The van der Waals surface area contributed by atoms with Crippen molar-refractivity contribution in [2.45, 2.75) is 74.8 Å². The van der Waals surface area contributed by atoms with Crippen molar-refractivity contribution in [2.24, 2.45) is 0 Å². The van der Waals surface area contributed by atoms with E-state index in [2.05, 4.69) is 37.4 Å². The minimum absolute atomic E-state index is 0.0894. The summed E-state index contributed by atoms with van der Waals surface area (Å²) in [6.07, 6.45) is -2.29. The molecule has 0 saturated carbocycles. The Bertz CT molecular complexity index is 3850. The van der Waals surface area contributed by atoms with Crippen LogP contribution < -0.4 is 41.4 Å². The minimum atomic E-state index is -3.41. The summed E-state index contributed by atoms with van der Waals surface area (Å²) in [5.74, 6) is 0.754. The molecule has 0 radical (unpaired) electrons. The maximum absolute atomic E-state index is 13.7. The number of hydrogen-bond donors (Lipinski definition) is 2. The van der Waals surface area contributed by atoms with E-state index in [-0.39, 0.29) is 26.1 Å². The number of H-pyrrole nitrogens is 2. The number of rotatable bonds is 23. The number of nitrogens with zero attached hydrogens (tertiary/aromatic N) is 2. The zero-order valence-electron chi connectivity index (χ0n) is 47.7. The Morgan fingerprint density at radius 2 is 0.918 bits per heavy atom. The van der Waals surface area contributed by atoms with Gasteiger partial charge in [0.2, 0.25) is 0 Å². The Labute approximate surface area is 498 Å². The van der Waals surface area contributed by atoms with Crippen LogP contribution in [0.1, 0.15) is 69.8 Å². The number of hydrogen-bond acceptors (Lipinski definition) is 14. The molecular formula is C65H65N4O14PSe. The first kappa shape index (κ1) is 60.2. The molecule has 4 heterocycles. The Morgan fingerprint density at radius 1 is 0.553 bits per heavy atom. The van der Waals surface area contributed by atoms with Crippen LogP contribution >= 0.6 is 5.96 Å². The molecule has 7 atom stereocenters. The van der Waals surface area contributed by atoms with Crippen molar-refractivity contribution in [3.05, 3.63) is 274 Å². The number of aromatic amines is 2. The third kappa shape index (κ3) is 12.6. The zero-order chi connectivity index (χ0) is 59.9. The van der Waals surface area contributed by atoms with E-state index in [0.29, 0.717) is 34.1 Å². The van der Waals surface area contributed by atoms with Gasteiger partial charge in [-0.3, -0.25) is 0 Å². The first-order valence-electron chi connectivity index (χ1n) is 27.4. The second-order valence-corrected chi connectivity index (χ2v) is 25.5. The first-order chi connectivity index (χ1) is 41.1. The van der Waals surface area contributed by atoms with Crippen molar-refractivity contribution in [2.75, 3.05) is 41.7 Å². The number of ether oxygens (including phenoxy) is 8. The molecule has 2 aliphatic heterocycles. The van der Waals surface area contributed by atoms with Crippen LogP contribution in [0.25, 0.3) is 0 Å². The molecule has 0 aliphatic carbocycles. The van der Waals surface area contributed by atoms with Crippen LogP contribution in [-0.4, -0.2) is 100 Å². The van der Waals surface area contributed by atoms with Gasteiger partial charge in [0, 0.05) is 0 Å². The van der Waals surface area contributed by atoms with Crippen LogP contribution in [0.4, 0.5) is 0 Å². The van der Waals surface area contributed by atoms with E-state index in [1.54, 1.807) is 48.1 Å². The number of benzene rings is 6. The molecule has 6 aromatic carbocycles. The summed E-state index contributed by atoms with van der Waals surface area (Å²) < 4.78 is 68.1. The summed E-state index contributed by atoms with van der Waals surface area (Å²) in [5.41, 5.74) is 3.15. The molecule has 2 aromatic heterocycles. The summed E-state index contributed by atoms with van der Waals surface area (Å²) >= 11 is 3.20. The molecule has 7 unspecified atom stereocenters. The average Bonchev–Trinajstić information content (AvgIpc) is 2.52. The van der Waals surface area contributed by atoms with Crippen molar-refractivity contribution < 1.29 is 46.9 Å². The van der Waals surface area contributed by atoms with Crippen molar-refractivity contribution in [3.63, 3.8) is 0 Å². The zero-order valence-corrected chi connectivity index (χ0v) is 50.3. The molecular weight excluding hydrogens is 1170 g/mol. The Balaban J connectivity index is 1.04. The summed E-state index contributed by atoms with van der Waals surface area (Å²) in [6, 6.07) is 50.1. The molecule has 2 N–H and O–H groups in total. The van der Waals surface area contributed by atoms with E-state index < -0.39 is 76.5 Å². The van der Waals surface area contributed by atoms with Gasteiger partial charge in [-0.1, -0.05) is 0 Å². The van der Waals surface area contributed by atoms with E-state index in [0.717, 1.165) is 33.4 Å². The number of aromatic nitrogens is 4. The summed E-state index contributed by atoms with van der Waals surface area (Å²) in [5, 5.41) is 0. The molecule has 10 rings (SSSR count). The topological polar surface area (TPSA) is 202 Å². The molecule has 20 heteroatoms. The molecule has 440 valence electrons. The quantitative estimate of drug-likeness (QED) is 0.0265. The summed E-state index contributed by atoms with van der Waals surface area (Å²) in [4.78, 5) is 57.7. The van der Waals surface area contributed by atoms with E-state index in [1.165, 1.54) is 21.5 Å². The monoisotopic (exact) mass is 1240 g/mol. The summed E-state index contributed by atoms with van der Waals surface area (Å²) in [6.45, 7) is 6.87. The van der Waals surface area contributed by atoms with E-state index >= 15 is 0 Å². The predicted octanol–water partition coefficient (Wildman–Crippen LogP) is 9.33. The van der Waals surface area contributed by atoms with Crippen molar-refractivity contribution in [3.8, 4) is 23.0 Å². The second-order valence-electron chi connectivity index (χ2n) is 20.5. The fraction of sp³-hybridized carbons (Fsp3) is 0.277. The van der Waals surface area contributed by atoms with Gasteiger partial charge in [-0.15, -0.1) is 0 Å². The predicted molar refractivity (Wildman–Crippen MR) is 322 cm³/mol. The molecule has 85 heavy (non-hydrogen) atoms. The van der Waals surface area contributed by atoms with Gasteiger partial charge in [0.15, 0.2) is 0 Å². The molecule has 2 aliphatic rings. The van der Waals surface area contributed by atoms with Gasteiger partial charge in [0.05, 0.1) is 28.4 Å². The third-order valence-corrected chi connectivity index (χ3v) is 18.8. The molecule has 0 amide bonds. The number of aryl methyl sites for hydroxylation is 2. The van der Waals surface area contributed by atoms with Crippen LogP contribution in [0.2, 0.25) is 0 Å². The maximum atomic E-state index is 13.7. The average molecular weight is 1240 g/mol. The van der Waals surface area contributed by atoms with Crippen molar-refractivity contribution in [1.82, 2.24) is 19.1 Å². The van der Waals surface area contributed by atoms with E-state index in [9.17, 15) is 19.2 Å². The van der Waals surface area contributed by atoms with E-state index in [4.69, 9.17) is 46.9 Å². The van der Waals surface area contributed by atoms with Crippen LogP contribution in [0, 0.1) is 13.8 Å². The Kier molecular flexibility index (Phi) is 18.5. The van der Waals surface area contributed by atoms with Crippen LogP contribution in [0.15, 0.2) is 207 Å². The van der Waals surface area contributed by atoms with Gasteiger partial charge in [-0.25, -0.2) is 0 Å². The standard InChI is InChI=1S/C65H65N4O14PSe/c1-8-35-84(85,79-41-57-54(36-58(81-57)68-38-42(2)60(70)66-62(68)72)82-65(45-17-13-10-14-18-45,48-23-31-52(76-6)32-24-48)49-25-33-53(77-7)34-26-49)83-55-37-59(69-39-43(3)61(71)67-63(69)73)80-56(55)40-78-64(44-15-11-9-12-16-44,46-19-27-50(74-4)28-20-46)47-21-29-51(75-5)30-22-47/h9-35,38-39,54-59H,1,36-37,40-41H2,2-7H3,(H,66,70,72)(H,67,71,73). The van der Waals surface area contributed by atoms with Crippen LogP contribution in [0.3, 0.4) is 0 Å². The molecule has 18 nitrogen and oxygen atoms in total. The summed E-state index contributed by atoms with van der Waals surface area (Å²) in [7, 11) is 6.41. The number of nitrogens with one attached hydrogen (secondary N) is 2. The van der Waals surface area contributed by atoms with Gasteiger partial charge in [0.25, 0.3) is 0 Å². The van der Waals surface area contributed by atoms with Gasteiger partial charge >= 0.3 is 473 Å². The third-order valence-electron chi connectivity index (χ3n) is 15.4. The molecule has 0 bridgehead atoms. The van der Waals surface area contributed by atoms with Gasteiger partial charge < -0.3 is 0 Å². The molecule has 2 fully saturated rings. The number of methoxy groups -OCH3 is 4. The van der Waals surface area contributed by atoms with Crippen molar-refractivity contribution >= 4 is 21.1 Å². The molecule has 8 aromatic rings.